The van der Waals surface area contributed by atoms with Gasteiger partial charge in [-0.25, -0.2) is 4.98 Å². The molecule has 0 saturated carbocycles. The van der Waals surface area contributed by atoms with Crippen molar-refractivity contribution in [2.45, 2.75) is 39.2 Å². The number of rotatable bonds is 7. The zero-order valence-corrected chi connectivity index (χ0v) is 13.2. The minimum Gasteiger partial charge on any atom is -0.295 e. The summed E-state index contributed by atoms with van der Waals surface area (Å²) in [7, 11) is 0. The Morgan fingerprint density at radius 2 is 2.29 bits per heavy atom. The molecule has 1 aliphatic heterocycles. The SMILES string of the molecule is CC(C)(CCN1CCCC1C(=O)c1nccs1)C(=O)C=O. The molecule has 2 heterocycles. The number of carbonyl (C=O) groups excluding carboxylic acids is 3. The van der Waals surface area contributed by atoms with Crippen molar-refractivity contribution in [2.24, 2.45) is 5.41 Å². The van der Waals surface area contributed by atoms with E-state index in [2.05, 4.69) is 9.88 Å². The van der Waals surface area contributed by atoms with Crippen LogP contribution in [-0.2, 0) is 9.59 Å². The summed E-state index contributed by atoms with van der Waals surface area (Å²) in [5.74, 6) is -0.313. The van der Waals surface area contributed by atoms with Gasteiger partial charge in [0, 0.05) is 17.0 Å². The van der Waals surface area contributed by atoms with Crippen LogP contribution < -0.4 is 0 Å². The van der Waals surface area contributed by atoms with E-state index in [-0.39, 0.29) is 17.6 Å². The predicted octanol–water partition coefficient (Wildman–Crippen LogP) is 1.97. The molecule has 6 heteroatoms. The van der Waals surface area contributed by atoms with Gasteiger partial charge in [0.1, 0.15) is 0 Å². The number of Topliss-reactive ketones (excluding diaryl/α,β-unsaturated/α-hetero) is 2. The van der Waals surface area contributed by atoms with Crippen LogP contribution in [0.5, 0.6) is 0 Å². The van der Waals surface area contributed by atoms with Gasteiger partial charge < -0.3 is 0 Å². The van der Waals surface area contributed by atoms with E-state index in [0.717, 1.165) is 19.4 Å². The summed E-state index contributed by atoms with van der Waals surface area (Å²) < 4.78 is 0. The molecule has 0 aromatic carbocycles. The molecule has 1 atom stereocenters. The van der Waals surface area contributed by atoms with Crippen molar-refractivity contribution in [3.63, 3.8) is 0 Å². The minimum absolute atomic E-state index is 0.0713. The minimum atomic E-state index is -0.668. The quantitative estimate of drug-likeness (QED) is 0.438. The smallest absolute Gasteiger partial charge is 0.208 e. The summed E-state index contributed by atoms with van der Waals surface area (Å²) in [5.41, 5.74) is -0.668. The maximum atomic E-state index is 12.4. The molecule has 0 spiro atoms. The molecule has 0 N–H and O–H groups in total. The highest BCUT2D eigenvalue weighted by atomic mass is 32.1. The molecular weight excluding hydrogens is 288 g/mol. The lowest BCUT2D eigenvalue weighted by Crippen LogP contribution is -2.39. The van der Waals surface area contributed by atoms with Crippen LogP contribution in [0, 0.1) is 5.41 Å². The summed E-state index contributed by atoms with van der Waals surface area (Å²) >= 11 is 1.36. The summed E-state index contributed by atoms with van der Waals surface area (Å²) in [6, 6.07) is -0.140. The van der Waals surface area contributed by atoms with Crippen molar-refractivity contribution in [1.82, 2.24) is 9.88 Å². The molecule has 0 aliphatic carbocycles. The van der Waals surface area contributed by atoms with Gasteiger partial charge >= 0.3 is 0 Å². The zero-order chi connectivity index (χ0) is 15.5. The van der Waals surface area contributed by atoms with E-state index in [1.165, 1.54) is 11.3 Å². The van der Waals surface area contributed by atoms with Crippen LogP contribution in [0.15, 0.2) is 11.6 Å². The van der Waals surface area contributed by atoms with E-state index in [1.54, 1.807) is 25.4 Å². The van der Waals surface area contributed by atoms with Crippen molar-refractivity contribution in [3.05, 3.63) is 16.6 Å². The van der Waals surface area contributed by atoms with Gasteiger partial charge in [0.15, 0.2) is 11.3 Å². The highest BCUT2D eigenvalue weighted by molar-refractivity contribution is 7.11. The van der Waals surface area contributed by atoms with E-state index in [0.29, 0.717) is 24.3 Å². The van der Waals surface area contributed by atoms with Gasteiger partial charge in [-0.05, 0) is 32.4 Å². The molecule has 114 valence electrons. The second kappa shape index (κ2) is 6.58. The highest BCUT2D eigenvalue weighted by Gasteiger charge is 2.34. The maximum absolute atomic E-state index is 12.4. The van der Waals surface area contributed by atoms with Gasteiger partial charge in [-0.2, -0.15) is 0 Å². The lowest BCUT2D eigenvalue weighted by Gasteiger charge is -2.27. The molecule has 1 unspecified atom stereocenters. The van der Waals surface area contributed by atoms with Crippen LogP contribution in [0.2, 0.25) is 0 Å². The molecule has 2 rings (SSSR count). The van der Waals surface area contributed by atoms with E-state index in [4.69, 9.17) is 0 Å². The van der Waals surface area contributed by atoms with E-state index >= 15 is 0 Å². The van der Waals surface area contributed by atoms with Gasteiger partial charge in [-0.3, -0.25) is 19.3 Å². The van der Waals surface area contributed by atoms with Crippen molar-refractivity contribution < 1.29 is 14.4 Å². The lowest BCUT2D eigenvalue weighted by atomic mass is 9.85. The average molecular weight is 308 g/mol. The molecule has 0 radical (unpaired) electrons. The number of thiazole rings is 1. The second-order valence-electron chi connectivity index (χ2n) is 6.01. The normalized spacial score (nSPS) is 19.6. The molecule has 0 bridgehead atoms. The zero-order valence-electron chi connectivity index (χ0n) is 12.4. The molecule has 21 heavy (non-hydrogen) atoms. The van der Waals surface area contributed by atoms with E-state index in [9.17, 15) is 14.4 Å². The van der Waals surface area contributed by atoms with Gasteiger partial charge in [0.05, 0.1) is 6.04 Å². The van der Waals surface area contributed by atoms with E-state index < -0.39 is 5.41 Å². The Morgan fingerprint density at radius 3 is 2.90 bits per heavy atom. The first kappa shape index (κ1) is 16.0. The topological polar surface area (TPSA) is 67.3 Å². The van der Waals surface area contributed by atoms with Crippen molar-refractivity contribution in [2.75, 3.05) is 13.1 Å². The highest BCUT2D eigenvalue weighted by Crippen LogP contribution is 2.26. The first-order valence-corrected chi connectivity index (χ1v) is 8.01. The Labute approximate surface area is 128 Å². The first-order chi connectivity index (χ1) is 9.95. The Bertz CT molecular complexity index is 525. The monoisotopic (exact) mass is 308 g/mol. The molecule has 1 fully saturated rings. The second-order valence-corrected chi connectivity index (χ2v) is 6.91. The first-order valence-electron chi connectivity index (χ1n) is 7.13. The molecule has 1 aromatic heterocycles. The van der Waals surface area contributed by atoms with Crippen LogP contribution in [0.1, 0.15) is 42.9 Å². The third-order valence-corrected chi connectivity index (χ3v) is 4.90. The van der Waals surface area contributed by atoms with E-state index in [1.807, 2.05) is 0 Å². The largest absolute Gasteiger partial charge is 0.295 e. The van der Waals surface area contributed by atoms with Gasteiger partial charge in [0.2, 0.25) is 11.6 Å². The van der Waals surface area contributed by atoms with Gasteiger partial charge in [-0.15, -0.1) is 11.3 Å². The fourth-order valence-electron chi connectivity index (χ4n) is 2.58. The van der Waals surface area contributed by atoms with Gasteiger partial charge in [0.25, 0.3) is 0 Å². The van der Waals surface area contributed by atoms with Crippen LogP contribution in [0.4, 0.5) is 0 Å². The maximum Gasteiger partial charge on any atom is 0.208 e. The summed E-state index contributed by atoms with van der Waals surface area (Å²) in [4.78, 5) is 40.8. The van der Waals surface area contributed by atoms with Crippen LogP contribution >= 0.6 is 11.3 Å². The Hall–Kier alpha value is -1.40. The number of hydrogen-bond acceptors (Lipinski definition) is 6. The van der Waals surface area contributed by atoms with Crippen molar-refractivity contribution >= 4 is 29.2 Å². The number of hydrogen-bond donors (Lipinski definition) is 0. The fraction of sp³-hybridized carbons (Fsp3) is 0.600. The van der Waals surface area contributed by atoms with Gasteiger partial charge in [-0.1, -0.05) is 13.8 Å². The Morgan fingerprint density at radius 1 is 1.52 bits per heavy atom. The number of aldehydes is 1. The Kier molecular flexibility index (Phi) is 5.00. The third kappa shape index (κ3) is 3.63. The fourth-order valence-corrected chi connectivity index (χ4v) is 3.21. The number of carbonyl (C=O) groups is 3. The molecule has 1 saturated heterocycles. The summed E-state index contributed by atoms with van der Waals surface area (Å²) in [5, 5.41) is 2.35. The number of ketones is 2. The number of likely N-dealkylation sites (tertiary alicyclic amines) is 1. The van der Waals surface area contributed by atoms with Crippen LogP contribution in [0.3, 0.4) is 0 Å². The Balaban J connectivity index is 1.98. The lowest BCUT2D eigenvalue weighted by molar-refractivity contribution is -0.136. The van der Waals surface area contributed by atoms with Crippen LogP contribution in [-0.4, -0.2) is 46.9 Å². The molecule has 1 aliphatic rings. The number of aromatic nitrogens is 1. The summed E-state index contributed by atoms with van der Waals surface area (Å²) in [6.07, 6.45) is 4.42. The predicted molar refractivity (Wildman–Crippen MR) is 80.5 cm³/mol. The molecule has 1 aromatic rings. The third-order valence-electron chi connectivity index (χ3n) is 4.11. The van der Waals surface area contributed by atoms with Crippen LogP contribution in [0.25, 0.3) is 0 Å². The molecule has 0 amide bonds. The van der Waals surface area contributed by atoms with Crippen molar-refractivity contribution in [3.8, 4) is 0 Å². The molecular formula is C15H20N2O3S. The molecule has 5 nitrogen and oxygen atoms in total. The standard InChI is InChI=1S/C15H20N2O3S/c1-15(2,12(19)10-18)5-8-17-7-3-4-11(17)13(20)14-16-6-9-21-14/h6,9-11H,3-5,7-8H2,1-2H3. The number of nitrogens with zero attached hydrogens (tertiary/aromatic N) is 2. The van der Waals surface area contributed by atoms with Crippen molar-refractivity contribution in [1.29, 1.82) is 0 Å². The average Bonchev–Trinajstić information content (AvgIpc) is 3.14. The summed E-state index contributed by atoms with van der Waals surface area (Å²) in [6.45, 7) is 5.05.